The molecule has 0 saturated carbocycles. The topological polar surface area (TPSA) is 60.5 Å². The lowest BCUT2D eigenvalue weighted by atomic mass is 10.2. The molecule has 0 radical (unpaired) electrons. The van der Waals surface area contributed by atoms with Gasteiger partial charge in [-0.2, -0.15) is 0 Å². The van der Waals surface area contributed by atoms with E-state index in [4.69, 9.17) is 9.47 Å². The number of carbonyl (C=O) groups is 1. The summed E-state index contributed by atoms with van der Waals surface area (Å²) >= 11 is 1.31. The Morgan fingerprint density at radius 2 is 2.11 bits per heavy atom. The summed E-state index contributed by atoms with van der Waals surface area (Å²) in [6.07, 6.45) is 0. The number of methoxy groups -OCH3 is 2. The van der Waals surface area contributed by atoms with Gasteiger partial charge in [-0.05, 0) is 19.1 Å². The minimum atomic E-state index is -0.260. The van der Waals surface area contributed by atoms with Crippen LogP contribution in [0.5, 0.6) is 11.5 Å². The zero-order chi connectivity index (χ0) is 13.8. The van der Waals surface area contributed by atoms with Gasteiger partial charge in [0, 0.05) is 17.1 Å². The van der Waals surface area contributed by atoms with Crippen molar-refractivity contribution in [2.75, 3.05) is 19.5 Å². The van der Waals surface area contributed by atoms with Gasteiger partial charge in [0.1, 0.15) is 11.5 Å². The quantitative estimate of drug-likeness (QED) is 0.934. The molecular formula is C13H14N2O3S. The lowest BCUT2D eigenvalue weighted by Crippen LogP contribution is -2.12. The lowest BCUT2D eigenvalue weighted by molar-refractivity contribution is 0.102. The second kappa shape index (κ2) is 5.71. The van der Waals surface area contributed by atoms with Crippen LogP contribution in [0.15, 0.2) is 23.6 Å². The fraction of sp³-hybridized carbons (Fsp3) is 0.231. The number of ether oxygens (including phenoxy) is 2. The Balaban J connectivity index is 2.24. The van der Waals surface area contributed by atoms with Crippen LogP contribution in [0.1, 0.15) is 15.5 Å². The van der Waals surface area contributed by atoms with Crippen molar-refractivity contribution in [1.82, 2.24) is 4.98 Å². The van der Waals surface area contributed by atoms with E-state index in [-0.39, 0.29) is 5.91 Å². The SMILES string of the molecule is COc1ccc(OC)c(NC(=O)c2nc(C)cs2)c1. The average molecular weight is 278 g/mol. The van der Waals surface area contributed by atoms with E-state index >= 15 is 0 Å². The first kappa shape index (κ1) is 13.4. The predicted molar refractivity (Wildman–Crippen MR) is 74.4 cm³/mol. The number of hydrogen-bond donors (Lipinski definition) is 1. The Morgan fingerprint density at radius 1 is 1.32 bits per heavy atom. The molecule has 0 atom stereocenters. The first-order valence-corrected chi connectivity index (χ1v) is 6.47. The van der Waals surface area contributed by atoms with Crippen molar-refractivity contribution < 1.29 is 14.3 Å². The fourth-order valence-electron chi connectivity index (χ4n) is 1.55. The molecule has 0 aliphatic rings. The van der Waals surface area contributed by atoms with Gasteiger partial charge < -0.3 is 14.8 Å². The molecule has 0 unspecified atom stereocenters. The summed E-state index contributed by atoms with van der Waals surface area (Å²) in [6, 6.07) is 5.21. The van der Waals surface area contributed by atoms with Gasteiger partial charge in [-0.25, -0.2) is 4.98 Å². The number of amides is 1. The number of aromatic nitrogens is 1. The second-order valence-corrected chi connectivity index (χ2v) is 4.67. The van der Waals surface area contributed by atoms with E-state index in [1.54, 1.807) is 32.4 Å². The Bertz CT molecular complexity index is 595. The largest absolute Gasteiger partial charge is 0.497 e. The van der Waals surface area contributed by atoms with Gasteiger partial charge >= 0.3 is 0 Å². The highest BCUT2D eigenvalue weighted by Crippen LogP contribution is 2.29. The van der Waals surface area contributed by atoms with Crippen LogP contribution in [0.25, 0.3) is 0 Å². The third-order valence-electron chi connectivity index (χ3n) is 2.47. The number of thiazole rings is 1. The van der Waals surface area contributed by atoms with E-state index in [9.17, 15) is 4.79 Å². The molecule has 1 aromatic carbocycles. The lowest BCUT2D eigenvalue weighted by Gasteiger charge is -2.10. The Labute approximate surface area is 115 Å². The van der Waals surface area contributed by atoms with E-state index in [1.165, 1.54) is 11.3 Å². The molecule has 1 heterocycles. The molecule has 100 valence electrons. The molecule has 1 N–H and O–H groups in total. The van der Waals surface area contributed by atoms with Crippen LogP contribution in [0.2, 0.25) is 0 Å². The van der Waals surface area contributed by atoms with E-state index in [0.717, 1.165) is 5.69 Å². The highest BCUT2D eigenvalue weighted by Gasteiger charge is 2.13. The van der Waals surface area contributed by atoms with Crippen LogP contribution in [0, 0.1) is 6.92 Å². The van der Waals surface area contributed by atoms with Gasteiger partial charge in [0.2, 0.25) is 0 Å². The number of anilines is 1. The number of rotatable bonds is 4. The summed E-state index contributed by atoms with van der Waals surface area (Å²) in [5.41, 5.74) is 1.38. The van der Waals surface area contributed by atoms with Gasteiger partial charge in [-0.3, -0.25) is 4.79 Å². The maximum absolute atomic E-state index is 12.0. The second-order valence-electron chi connectivity index (χ2n) is 3.81. The molecule has 6 heteroatoms. The number of hydrogen-bond acceptors (Lipinski definition) is 5. The molecule has 0 bridgehead atoms. The minimum absolute atomic E-state index is 0.260. The van der Waals surface area contributed by atoms with Crippen molar-refractivity contribution in [2.24, 2.45) is 0 Å². The molecule has 2 aromatic rings. The monoisotopic (exact) mass is 278 g/mol. The van der Waals surface area contributed by atoms with Crippen molar-refractivity contribution in [3.05, 3.63) is 34.3 Å². The molecule has 0 saturated heterocycles. The van der Waals surface area contributed by atoms with Crippen LogP contribution in [-0.2, 0) is 0 Å². The molecule has 2 rings (SSSR count). The number of carbonyl (C=O) groups excluding carboxylic acids is 1. The first-order valence-electron chi connectivity index (χ1n) is 5.59. The zero-order valence-electron chi connectivity index (χ0n) is 10.9. The van der Waals surface area contributed by atoms with Crippen molar-refractivity contribution >= 4 is 22.9 Å². The van der Waals surface area contributed by atoms with Crippen molar-refractivity contribution in [2.45, 2.75) is 6.92 Å². The maximum atomic E-state index is 12.0. The first-order chi connectivity index (χ1) is 9.13. The molecule has 1 amide bonds. The third-order valence-corrected chi connectivity index (χ3v) is 3.43. The van der Waals surface area contributed by atoms with Crippen LogP contribution in [0.4, 0.5) is 5.69 Å². The maximum Gasteiger partial charge on any atom is 0.284 e. The van der Waals surface area contributed by atoms with Crippen LogP contribution < -0.4 is 14.8 Å². The predicted octanol–water partition coefficient (Wildman–Crippen LogP) is 2.72. The standard InChI is InChI=1S/C13H14N2O3S/c1-8-7-19-13(14-8)12(16)15-10-6-9(17-2)4-5-11(10)18-3/h4-7H,1-3H3,(H,15,16). The van der Waals surface area contributed by atoms with Gasteiger partial charge in [0.25, 0.3) is 5.91 Å². The van der Waals surface area contributed by atoms with Crippen molar-refractivity contribution in [3.63, 3.8) is 0 Å². The van der Waals surface area contributed by atoms with Gasteiger partial charge in [0.15, 0.2) is 5.01 Å². The average Bonchev–Trinajstić information content (AvgIpc) is 2.85. The summed E-state index contributed by atoms with van der Waals surface area (Å²) in [4.78, 5) is 16.2. The Morgan fingerprint density at radius 3 is 2.68 bits per heavy atom. The molecule has 19 heavy (non-hydrogen) atoms. The molecule has 0 aliphatic heterocycles. The third kappa shape index (κ3) is 3.03. The fourth-order valence-corrected chi connectivity index (χ4v) is 2.24. The highest BCUT2D eigenvalue weighted by atomic mass is 32.1. The summed E-state index contributed by atoms with van der Waals surface area (Å²) in [6.45, 7) is 1.85. The molecular weight excluding hydrogens is 264 g/mol. The number of aryl methyl sites for hydroxylation is 1. The summed E-state index contributed by atoms with van der Waals surface area (Å²) in [5.74, 6) is 0.957. The Kier molecular flexibility index (Phi) is 4.01. The molecule has 1 aromatic heterocycles. The Hall–Kier alpha value is -2.08. The van der Waals surface area contributed by atoms with E-state index in [1.807, 2.05) is 12.3 Å². The molecule has 0 spiro atoms. The smallest absolute Gasteiger partial charge is 0.284 e. The summed E-state index contributed by atoms with van der Waals surface area (Å²) < 4.78 is 10.3. The van der Waals surface area contributed by atoms with Crippen molar-refractivity contribution in [3.8, 4) is 11.5 Å². The van der Waals surface area contributed by atoms with E-state index in [0.29, 0.717) is 22.2 Å². The zero-order valence-corrected chi connectivity index (χ0v) is 11.7. The van der Waals surface area contributed by atoms with E-state index < -0.39 is 0 Å². The van der Waals surface area contributed by atoms with Crippen molar-refractivity contribution in [1.29, 1.82) is 0 Å². The van der Waals surface area contributed by atoms with Crippen LogP contribution in [0.3, 0.4) is 0 Å². The van der Waals surface area contributed by atoms with E-state index in [2.05, 4.69) is 10.3 Å². The number of nitrogens with zero attached hydrogens (tertiary/aromatic N) is 1. The number of benzene rings is 1. The number of nitrogens with one attached hydrogen (secondary N) is 1. The highest BCUT2D eigenvalue weighted by molar-refractivity contribution is 7.11. The van der Waals surface area contributed by atoms with Crippen LogP contribution in [-0.4, -0.2) is 25.1 Å². The molecule has 0 fully saturated rings. The summed E-state index contributed by atoms with van der Waals surface area (Å²) in [5, 5.41) is 5.02. The molecule has 5 nitrogen and oxygen atoms in total. The van der Waals surface area contributed by atoms with Gasteiger partial charge in [0.05, 0.1) is 19.9 Å². The van der Waals surface area contributed by atoms with Gasteiger partial charge in [-0.15, -0.1) is 11.3 Å². The summed E-state index contributed by atoms with van der Waals surface area (Å²) in [7, 11) is 3.11. The van der Waals surface area contributed by atoms with Crippen LogP contribution >= 0.6 is 11.3 Å². The molecule has 0 aliphatic carbocycles. The van der Waals surface area contributed by atoms with Gasteiger partial charge in [-0.1, -0.05) is 0 Å². The minimum Gasteiger partial charge on any atom is -0.497 e. The normalized spacial score (nSPS) is 10.1.